The Morgan fingerprint density at radius 2 is 2.07 bits per heavy atom. The van der Waals surface area contributed by atoms with Gasteiger partial charge in [-0.2, -0.15) is 0 Å². The molecule has 146 valence electrons. The average molecular weight is 389 g/mol. The topological polar surface area (TPSA) is 67.3 Å². The molecule has 0 spiro atoms. The number of ether oxygens (including phenoxy) is 1. The molecule has 1 saturated heterocycles. The molecule has 1 atom stereocenters. The summed E-state index contributed by atoms with van der Waals surface area (Å²) in [5.41, 5.74) is 0.908. The molecule has 2 amide bonds. The Labute approximate surface area is 164 Å². The normalized spacial score (nSPS) is 18.0. The first kappa shape index (κ1) is 19.8. The number of aromatic nitrogens is 2. The number of morpholine rings is 1. The second-order valence-electron chi connectivity index (χ2n) is 7.89. The molecule has 27 heavy (non-hydrogen) atoms. The largest absolute Gasteiger partial charge is 0.377 e. The van der Waals surface area contributed by atoms with Crippen LogP contribution < -0.4 is 5.32 Å². The zero-order valence-electron chi connectivity index (χ0n) is 16.4. The zero-order valence-corrected chi connectivity index (χ0v) is 17.3. The minimum atomic E-state index is -0.263. The molecule has 1 aromatic carbocycles. The van der Waals surface area contributed by atoms with E-state index < -0.39 is 0 Å². The number of carbonyl (C=O) groups excluding carboxylic acids is 1. The van der Waals surface area contributed by atoms with Crippen LogP contribution in [0.25, 0.3) is 0 Å². The lowest BCUT2D eigenvalue weighted by Gasteiger charge is -2.36. The van der Waals surface area contributed by atoms with Gasteiger partial charge in [-0.1, -0.05) is 55.5 Å². The SMILES string of the molecule is CC(C)CC1COCCN1C(=O)Nc1nnc(C(C)(C)c2ccccc2)s1. The maximum absolute atomic E-state index is 12.8. The molecule has 0 radical (unpaired) electrons. The lowest BCUT2D eigenvalue weighted by atomic mass is 9.85. The first-order chi connectivity index (χ1) is 12.9. The fourth-order valence-electron chi connectivity index (χ4n) is 3.33. The number of hydrogen-bond donors (Lipinski definition) is 1. The maximum Gasteiger partial charge on any atom is 0.324 e. The summed E-state index contributed by atoms with van der Waals surface area (Å²) in [4.78, 5) is 14.7. The van der Waals surface area contributed by atoms with E-state index in [4.69, 9.17) is 4.74 Å². The molecular formula is C20H28N4O2S. The summed E-state index contributed by atoms with van der Waals surface area (Å²) in [6.07, 6.45) is 0.926. The van der Waals surface area contributed by atoms with E-state index in [1.54, 1.807) is 0 Å². The van der Waals surface area contributed by atoms with Crippen molar-refractivity contribution in [2.24, 2.45) is 5.92 Å². The van der Waals surface area contributed by atoms with E-state index in [1.165, 1.54) is 16.9 Å². The molecule has 2 heterocycles. The van der Waals surface area contributed by atoms with Crippen LogP contribution in [0.3, 0.4) is 0 Å². The zero-order chi connectivity index (χ0) is 19.4. The third-order valence-corrected chi connectivity index (χ3v) is 6.06. The third-order valence-electron chi connectivity index (χ3n) is 4.90. The van der Waals surface area contributed by atoms with E-state index in [2.05, 4.69) is 55.3 Å². The Kier molecular flexibility index (Phi) is 6.11. The molecule has 3 rings (SSSR count). The first-order valence-electron chi connectivity index (χ1n) is 9.43. The van der Waals surface area contributed by atoms with Crippen LogP contribution in [0.15, 0.2) is 30.3 Å². The van der Waals surface area contributed by atoms with E-state index >= 15 is 0 Å². The molecule has 1 aromatic heterocycles. The number of hydrogen-bond acceptors (Lipinski definition) is 5. The number of amides is 2. The van der Waals surface area contributed by atoms with Gasteiger partial charge in [-0.05, 0) is 31.7 Å². The van der Waals surface area contributed by atoms with Crippen molar-refractivity contribution in [2.45, 2.75) is 45.6 Å². The van der Waals surface area contributed by atoms with Crippen molar-refractivity contribution in [1.29, 1.82) is 0 Å². The number of nitrogens with one attached hydrogen (secondary N) is 1. The van der Waals surface area contributed by atoms with E-state index in [0.717, 1.165) is 11.4 Å². The predicted molar refractivity (Wildman–Crippen MR) is 108 cm³/mol. The minimum absolute atomic E-state index is 0.104. The van der Waals surface area contributed by atoms with Crippen LogP contribution in [0.1, 0.15) is 44.7 Å². The lowest BCUT2D eigenvalue weighted by molar-refractivity contribution is 0.00857. The van der Waals surface area contributed by atoms with Crippen LogP contribution in [0.2, 0.25) is 0 Å². The number of urea groups is 1. The van der Waals surface area contributed by atoms with Gasteiger partial charge in [0.15, 0.2) is 0 Å². The van der Waals surface area contributed by atoms with Crippen molar-refractivity contribution in [3.63, 3.8) is 0 Å². The molecule has 1 fully saturated rings. The fraction of sp³-hybridized carbons (Fsp3) is 0.550. The predicted octanol–water partition coefficient (Wildman–Crippen LogP) is 4.14. The summed E-state index contributed by atoms with van der Waals surface area (Å²) in [6.45, 7) is 10.3. The Morgan fingerprint density at radius 1 is 1.33 bits per heavy atom. The van der Waals surface area contributed by atoms with E-state index in [-0.39, 0.29) is 17.5 Å². The Balaban J connectivity index is 1.70. The smallest absolute Gasteiger partial charge is 0.324 e. The van der Waals surface area contributed by atoms with Crippen molar-refractivity contribution in [1.82, 2.24) is 15.1 Å². The Morgan fingerprint density at radius 3 is 2.78 bits per heavy atom. The van der Waals surface area contributed by atoms with Crippen LogP contribution in [0, 0.1) is 5.92 Å². The molecule has 0 bridgehead atoms. The van der Waals surface area contributed by atoms with Gasteiger partial charge in [0, 0.05) is 12.0 Å². The number of nitrogens with zero attached hydrogens (tertiary/aromatic N) is 3. The summed E-state index contributed by atoms with van der Waals surface area (Å²) < 4.78 is 5.56. The van der Waals surface area contributed by atoms with Crippen molar-refractivity contribution in [2.75, 3.05) is 25.1 Å². The van der Waals surface area contributed by atoms with E-state index in [1.807, 2.05) is 23.1 Å². The van der Waals surface area contributed by atoms with Gasteiger partial charge in [0.25, 0.3) is 0 Å². The van der Waals surface area contributed by atoms with Crippen LogP contribution in [0.5, 0.6) is 0 Å². The average Bonchev–Trinajstić information content (AvgIpc) is 3.11. The molecule has 1 aliphatic heterocycles. The van der Waals surface area contributed by atoms with Gasteiger partial charge >= 0.3 is 6.03 Å². The minimum Gasteiger partial charge on any atom is -0.377 e. The van der Waals surface area contributed by atoms with Crippen LogP contribution in [-0.2, 0) is 10.2 Å². The molecule has 7 heteroatoms. The highest BCUT2D eigenvalue weighted by Crippen LogP contribution is 2.34. The summed E-state index contributed by atoms with van der Waals surface area (Å²) in [7, 11) is 0. The monoisotopic (exact) mass is 388 g/mol. The standard InChI is InChI=1S/C20H28N4O2S/c1-14(2)12-16-13-26-11-10-24(16)19(25)21-18-23-22-17(27-18)20(3,4)15-8-6-5-7-9-15/h5-9,14,16H,10-13H2,1-4H3,(H,21,23,25). The molecule has 1 unspecified atom stereocenters. The van der Waals surface area contributed by atoms with Crippen LogP contribution in [-0.4, -0.2) is 46.9 Å². The molecule has 1 aliphatic rings. The summed E-state index contributed by atoms with van der Waals surface area (Å²) in [5, 5.41) is 12.9. The summed E-state index contributed by atoms with van der Waals surface area (Å²) in [5.74, 6) is 0.506. The van der Waals surface area contributed by atoms with Gasteiger partial charge in [-0.25, -0.2) is 4.79 Å². The van der Waals surface area contributed by atoms with Gasteiger partial charge in [0.1, 0.15) is 5.01 Å². The second kappa shape index (κ2) is 8.35. The van der Waals surface area contributed by atoms with Crippen LogP contribution >= 0.6 is 11.3 Å². The highest BCUT2D eigenvalue weighted by molar-refractivity contribution is 7.15. The number of carbonyl (C=O) groups is 1. The van der Waals surface area contributed by atoms with Crippen LogP contribution in [0.4, 0.5) is 9.93 Å². The van der Waals surface area contributed by atoms with Gasteiger partial charge < -0.3 is 9.64 Å². The molecular weight excluding hydrogens is 360 g/mol. The molecule has 6 nitrogen and oxygen atoms in total. The molecule has 1 N–H and O–H groups in total. The summed E-state index contributed by atoms with van der Waals surface area (Å²) >= 11 is 1.43. The van der Waals surface area contributed by atoms with Gasteiger partial charge in [-0.15, -0.1) is 10.2 Å². The number of benzene rings is 1. The van der Waals surface area contributed by atoms with Gasteiger partial charge in [0.2, 0.25) is 5.13 Å². The van der Waals surface area contributed by atoms with Gasteiger partial charge in [0.05, 0.1) is 19.3 Å². The fourth-order valence-corrected chi connectivity index (χ4v) is 4.19. The van der Waals surface area contributed by atoms with Crippen molar-refractivity contribution >= 4 is 22.5 Å². The first-order valence-corrected chi connectivity index (χ1v) is 10.2. The Bertz CT molecular complexity index is 760. The number of rotatable bonds is 5. The van der Waals surface area contributed by atoms with E-state index in [0.29, 0.717) is 30.8 Å². The highest BCUT2D eigenvalue weighted by atomic mass is 32.1. The highest BCUT2D eigenvalue weighted by Gasteiger charge is 2.30. The maximum atomic E-state index is 12.8. The lowest BCUT2D eigenvalue weighted by Crippen LogP contribution is -2.50. The Hall–Kier alpha value is -1.99. The third kappa shape index (κ3) is 4.65. The van der Waals surface area contributed by atoms with Gasteiger partial charge in [-0.3, -0.25) is 5.32 Å². The molecule has 0 saturated carbocycles. The number of anilines is 1. The summed E-state index contributed by atoms with van der Waals surface area (Å²) in [6, 6.07) is 10.2. The quantitative estimate of drug-likeness (QED) is 0.836. The van der Waals surface area contributed by atoms with E-state index in [9.17, 15) is 4.79 Å². The van der Waals surface area contributed by atoms with Crippen molar-refractivity contribution in [3.05, 3.63) is 40.9 Å². The molecule has 0 aliphatic carbocycles. The molecule has 2 aromatic rings. The second-order valence-corrected chi connectivity index (χ2v) is 8.86. The van der Waals surface area contributed by atoms with Crippen molar-refractivity contribution in [3.8, 4) is 0 Å². The van der Waals surface area contributed by atoms with Crippen molar-refractivity contribution < 1.29 is 9.53 Å².